The maximum absolute atomic E-state index is 11.5. The molecule has 0 unspecified atom stereocenters. The predicted octanol–water partition coefficient (Wildman–Crippen LogP) is 1.18. The van der Waals surface area contributed by atoms with E-state index in [1.54, 1.807) is 6.07 Å². The Hall–Kier alpha value is -2.46. The van der Waals surface area contributed by atoms with Crippen LogP contribution in [0.5, 0.6) is 0 Å². The molecule has 0 saturated carbocycles. The van der Waals surface area contributed by atoms with E-state index in [1.165, 1.54) is 26.0 Å². The van der Waals surface area contributed by atoms with Crippen LogP contribution in [0, 0.1) is 21.4 Å². The van der Waals surface area contributed by atoms with Gasteiger partial charge in [0.1, 0.15) is 17.2 Å². The van der Waals surface area contributed by atoms with Crippen LogP contribution in [0.1, 0.15) is 19.4 Å². The standard InChI is InChI=1S/C11H11N3O4/c1-11(2,16)10(15)13-8-3-4-9(14(17)18)7(5-8)6-12/h3-5,16H,1-2H3,(H,13,15). The first-order valence-corrected chi connectivity index (χ1v) is 4.98. The van der Waals surface area contributed by atoms with E-state index < -0.39 is 16.4 Å². The zero-order chi connectivity index (χ0) is 13.9. The lowest BCUT2D eigenvalue weighted by atomic mass is 10.1. The number of carbonyl (C=O) groups excluding carboxylic acids is 1. The summed E-state index contributed by atoms with van der Waals surface area (Å²) in [6.07, 6.45) is 0. The number of nitro groups is 1. The fraction of sp³-hybridized carbons (Fsp3) is 0.273. The highest BCUT2D eigenvalue weighted by Crippen LogP contribution is 2.22. The van der Waals surface area contributed by atoms with E-state index >= 15 is 0 Å². The molecule has 0 heterocycles. The SMILES string of the molecule is CC(C)(O)C(=O)Nc1ccc([N+](=O)[O-])c(C#N)c1. The molecule has 0 atom stereocenters. The summed E-state index contributed by atoms with van der Waals surface area (Å²) in [5.41, 5.74) is -1.86. The Kier molecular flexibility index (Phi) is 3.64. The second-order valence-corrected chi connectivity index (χ2v) is 4.11. The third kappa shape index (κ3) is 3.02. The van der Waals surface area contributed by atoms with Crippen molar-refractivity contribution < 1.29 is 14.8 Å². The Morgan fingerprint density at radius 1 is 1.56 bits per heavy atom. The molecule has 0 saturated heterocycles. The van der Waals surface area contributed by atoms with Crippen LogP contribution in [0.25, 0.3) is 0 Å². The minimum absolute atomic E-state index is 0.159. The molecule has 0 bridgehead atoms. The Labute approximate surface area is 103 Å². The third-order valence-corrected chi connectivity index (χ3v) is 2.13. The second kappa shape index (κ2) is 4.81. The molecule has 1 rings (SSSR count). The number of carbonyl (C=O) groups is 1. The molecular formula is C11H11N3O4. The topological polar surface area (TPSA) is 116 Å². The molecule has 1 aromatic carbocycles. The average molecular weight is 249 g/mol. The van der Waals surface area contributed by atoms with Crippen LogP contribution < -0.4 is 5.32 Å². The molecule has 0 aliphatic carbocycles. The number of nitro benzene ring substituents is 1. The Bertz CT molecular complexity index is 540. The molecule has 7 nitrogen and oxygen atoms in total. The van der Waals surface area contributed by atoms with Crippen molar-refractivity contribution in [3.63, 3.8) is 0 Å². The third-order valence-electron chi connectivity index (χ3n) is 2.13. The van der Waals surface area contributed by atoms with Gasteiger partial charge in [0.15, 0.2) is 0 Å². The number of rotatable bonds is 3. The number of benzene rings is 1. The van der Waals surface area contributed by atoms with E-state index in [9.17, 15) is 20.0 Å². The van der Waals surface area contributed by atoms with Gasteiger partial charge in [0.2, 0.25) is 0 Å². The fourth-order valence-electron chi connectivity index (χ4n) is 1.15. The largest absolute Gasteiger partial charge is 0.381 e. The molecule has 1 aromatic rings. The molecule has 0 aliphatic heterocycles. The molecule has 7 heteroatoms. The van der Waals surface area contributed by atoms with Gasteiger partial charge in [0.25, 0.3) is 11.6 Å². The molecule has 0 spiro atoms. The van der Waals surface area contributed by atoms with Crippen LogP contribution >= 0.6 is 0 Å². The van der Waals surface area contributed by atoms with E-state index in [2.05, 4.69) is 5.32 Å². The minimum atomic E-state index is -1.57. The van der Waals surface area contributed by atoms with Gasteiger partial charge in [-0.1, -0.05) is 0 Å². The average Bonchev–Trinajstić information content (AvgIpc) is 2.27. The van der Waals surface area contributed by atoms with Crippen molar-refractivity contribution in [2.45, 2.75) is 19.4 Å². The quantitative estimate of drug-likeness (QED) is 0.616. The van der Waals surface area contributed by atoms with E-state index in [1.807, 2.05) is 0 Å². The Morgan fingerprint density at radius 2 is 2.17 bits per heavy atom. The summed E-state index contributed by atoms with van der Waals surface area (Å²) in [7, 11) is 0. The maximum Gasteiger partial charge on any atom is 0.287 e. The van der Waals surface area contributed by atoms with Gasteiger partial charge in [0, 0.05) is 11.8 Å². The first-order chi connectivity index (χ1) is 8.25. The minimum Gasteiger partial charge on any atom is -0.381 e. The maximum atomic E-state index is 11.5. The van der Waals surface area contributed by atoms with Gasteiger partial charge >= 0.3 is 0 Å². The lowest BCUT2D eigenvalue weighted by Crippen LogP contribution is -2.36. The number of hydrogen-bond donors (Lipinski definition) is 2. The normalized spacial score (nSPS) is 10.6. The molecular weight excluding hydrogens is 238 g/mol. The summed E-state index contributed by atoms with van der Waals surface area (Å²) in [5, 5.41) is 31.2. The summed E-state index contributed by atoms with van der Waals surface area (Å²) >= 11 is 0. The molecule has 0 aromatic heterocycles. The first-order valence-electron chi connectivity index (χ1n) is 4.98. The first kappa shape index (κ1) is 13.6. The van der Waals surface area contributed by atoms with E-state index in [0.717, 1.165) is 6.07 Å². The zero-order valence-electron chi connectivity index (χ0n) is 9.80. The van der Waals surface area contributed by atoms with E-state index in [0.29, 0.717) is 0 Å². The van der Waals surface area contributed by atoms with Crippen molar-refractivity contribution in [2.24, 2.45) is 0 Å². The molecule has 94 valence electrons. The number of aliphatic hydroxyl groups is 1. The summed E-state index contributed by atoms with van der Waals surface area (Å²) in [5.74, 6) is -0.666. The molecule has 2 N–H and O–H groups in total. The Balaban J connectivity index is 3.05. The van der Waals surface area contributed by atoms with Gasteiger partial charge in [-0.05, 0) is 26.0 Å². The van der Waals surface area contributed by atoms with Gasteiger partial charge in [0.05, 0.1) is 4.92 Å². The van der Waals surface area contributed by atoms with Gasteiger partial charge in [-0.3, -0.25) is 14.9 Å². The lowest BCUT2D eigenvalue weighted by Gasteiger charge is -2.16. The number of nitrogens with zero attached hydrogens (tertiary/aromatic N) is 2. The monoisotopic (exact) mass is 249 g/mol. The van der Waals surface area contributed by atoms with Crippen molar-refractivity contribution in [2.75, 3.05) is 5.32 Å². The van der Waals surface area contributed by atoms with E-state index in [-0.39, 0.29) is 16.9 Å². The molecule has 1 amide bonds. The Morgan fingerprint density at radius 3 is 2.61 bits per heavy atom. The highest BCUT2D eigenvalue weighted by atomic mass is 16.6. The molecule has 0 aliphatic rings. The summed E-state index contributed by atoms with van der Waals surface area (Å²) in [6, 6.07) is 5.27. The van der Waals surface area contributed by atoms with Crippen LogP contribution in [0.15, 0.2) is 18.2 Å². The van der Waals surface area contributed by atoms with Crippen LogP contribution in [-0.2, 0) is 4.79 Å². The van der Waals surface area contributed by atoms with Crippen molar-refractivity contribution in [1.82, 2.24) is 0 Å². The van der Waals surface area contributed by atoms with Crippen LogP contribution in [0.2, 0.25) is 0 Å². The fourth-order valence-corrected chi connectivity index (χ4v) is 1.15. The second-order valence-electron chi connectivity index (χ2n) is 4.11. The van der Waals surface area contributed by atoms with Gasteiger partial charge in [-0.25, -0.2) is 0 Å². The van der Waals surface area contributed by atoms with E-state index in [4.69, 9.17) is 5.26 Å². The van der Waals surface area contributed by atoms with Crippen molar-refractivity contribution in [1.29, 1.82) is 5.26 Å². The molecule has 18 heavy (non-hydrogen) atoms. The lowest BCUT2D eigenvalue weighted by molar-refractivity contribution is -0.385. The summed E-state index contributed by atoms with van der Waals surface area (Å²) in [6.45, 7) is 2.61. The number of anilines is 1. The van der Waals surface area contributed by atoms with Crippen LogP contribution in [0.4, 0.5) is 11.4 Å². The number of amides is 1. The predicted molar refractivity (Wildman–Crippen MR) is 62.7 cm³/mol. The van der Waals surface area contributed by atoms with Crippen LogP contribution in [0.3, 0.4) is 0 Å². The van der Waals surface area contributed by atoms with Gasteiger partial charge < -0.3 is 10.4 Å². The highest BCUT2D eigenvalue weighted by Gasteiger charge is 2.24. The number of hydrogen-bond acceptors (Lipinski definition) is 5. The van der Waals surface area contributed by atoms with Crippen molar-refractivity contribution in [3.8, 4) is 6.07 Å². The van der Waals surface area contributed by atoms with Crippen molar-refractivity contribution >= 4 is 17.3 Å². The summed E-state index contributed by atoms with van der Waals surface area (Å²) in [4.78, 5) is 21.4. The molecule has 0 fully saturated rings. The zero-order valence-corrected chi connectivity index (χ0v) is 9.80. The van der Waals surface area contributed by atoms with Gasteiger partial charge in [-0.2, -0.15) is 5.26 Å². The summed E-state index contributed by atoms with van der Waals surface area (Å²) < 4.78 is 0. The highest BCUT2D eigenvalue weighted by molar-refractivity contribution is 5.96. The van der Waals surface area contributed by atoms with Crippen LogP contribution in [-0.4, -0.2) is 21.5 Å². The van der Waals surface area contributed by atoms with Crippen molar-refractivity contribution in [3.05, 3.63) is 33.9 Å². The smallest absolute Gasteiger partial charge is 0.287 e. The van der Waals surface area contributed by atoms with Gasteiger partial charge in [-0.15, -0.1) is 0 Å². The number of nitriles is 1. The molecule has 0 radical (unpaired) electrons. The number of nitrogens with one attached hydrogen (secondary N) is 1.